The van der Waals surface area contributed by atoms with Gasteiger partial charge in [-0.15, -0.1) is 0 Å². The molecule has 0 aromatic heterocycles. The Morgan fingerprint density at radius 2 is 1.96 bits per heavy atom. The number of carbonyl (C=O) groups excluding carboxylic acids is 1. The Labute approximate surface area is 149 Å². The maximum absolute atomic E-state index is 14.3. The van der Waals surface area contributed by atoms with E-state index in [-0.39, 0.29) is 23.8 Å². The number of nitrogens with zero attached hydrogens (tertiary/aromatic N) is 1. The lowest BCUT2D eigenvalue weighted by Gasteiger charge is -2.33. The van der Waals surface area contributed by atoms with Crippen molar-refractivity contribution in [3.63, 3.8) is 0 Å². The number of hydrogen-bond donors (Lipinski definition) is 2. The van der Waals surface area contributed by atoms with Crippen LogP contribution >= 0.6 is 0 Å². The smallest absolute Gasteiger partial charge is 0.223 e. The molecular formula is C20H28FN3O. The maximum Gasteiger partial charge on any atom is 0.223 e. The highest BCUT2D eigenvalue weighted by atomic mass is 19.1. The standard InChI is InChI=1S/C20H28FN3O/c21-17-9-4-3-8-15(17)16-13-22-23-20(16)18-10-5-11-24(18)19(25)12-14-6-1-2-7-14/h3-4,8-9,14,16,18,20,22-23H,1-2,5-7,10-13H2. The normalized spacial score (nSPS) is 30.3. The second-order valence-corrected chi connectivity index (χ2v) is 7.83. The van der Waals surface area contributed by atoms with E-state index >= 15 is 0 Å². The number of halogens is 1. The Balaban J connectivity index is 1.49. The van der Waals surface area contributed by atoms with Crippen LogP contribution in [0.5, 0.6) is 0 Å². The van der Waals surface area contributed by atoms with Gasteiger partial charge in [-0.3, -0.25) is 15.6 Å². The topological polar surface area (TPSA) is 44.4 Å². The maximum atomic E-state index is 14.3. The third-order valence-electron chi connectivity index (χ3n) is 6.30. The van der Waals surface area contributed by atoms with E-state index in [0.29, 0.717) is 24.8 Å². The van der Waals surface area contributed by atoms with Crippen LogP contribution in [-0.2, 0) is 4.79 Å². The molecule has 2 aliphatic heterocycles. The third kappa shape index (κ3) is 3.44. The number of likely N-dealkylation sites (tertiary alicyclic amines) is 1. The van der Waals surface area contributed by atoms with Gasteiger partial charge in [-0.05, 0) is 43.2 Å². The first-order valence-corrected chi connectivity index (χ1v) is 9.76. The molecule has 25 heavy (non-hydrogen) atoms. The largest absolute Gasteiger partial charge is 0.338 e. The van der Waals surface area contributed by atoms with Gasteiger partial charge in [0, 0.05) is 37.5 Å². The zero-order valence-electron chi connectivity index (χ0n) is 14.7. The van der Waals surface area contributed by atoms with Gasteiger partial charge in [-0.1, -0.05) is 31.0 Å². The number of hydrazine groups is 1. The average Bonchev–Trinajstić information content (AvgIpc) is 3.36. The molecule has 2 N–H and O–H groups in total. The van der Waals surface area contributed by atoms with E-state index in [1.807, 2.05) is 12.1 Å². The quantitative estimate of drug-likeness (QED) is 0.882. The van der Waals surface area contributed by atoms with E-state index in [1.54, 1.807) is 6.07 Å². The van der Waals surface area contributed by atoms with Crippen molar-refractivity contribution in [2.75, 3.05) is 13.1 Å². The molecule has 3 unspecified atom stereocenters. The number of rotatable bonds is 4. The van der Waals surface area contributed by atoms with Gasteiger partial charge < -0.3 is 4.90 Å². The molecule has 2 heterocycles. The monoisotopic (exact) mass is 345 g/mol. The van der Waals surface area contributed by atoms with Crippen LogP contribution in [0.3, 0.4) is 0 Å². The molecule has 4 rings (SSSR count). The van der Waals surface area contributed by atoms with Crippen LogP contribution in [-0.4, -0.2) is 36.0 Å². The van der Waals surface area contributed by atoms with E-state index in [0.717, 1.165) is 24.9 Å². The molecule has 1 saturated carbocycles. The van der Waals surface area contributed by atoms with E-state index in [9.17, 15) is 9.18 Å². The van der Waals surface area contributed by atoms with Gasteiger partial charge in [-0.25, -0.2) is 4.39 Å². The van der Waals surface area contributed by atoms with Crippen molar-refractivity contribution in [3.05, 3.63) is 35.6 Å². The van der Waals surface area contributed by atoms with E-state index in [1.165, 1.54) is 31.7 Å². The number of hydrogen-bond acceptors (Lipinski definition) is 3. The van der Waals surface area contributed by atoms with Crippen LogP contribution in [0, 0.1) is 11.7 Å². The highest BCUT2D eigenvalue weighted by Gasteiger charge is 2.42. The van der Waals surface area contributed by atoms with Crippen molar-refractivity contribution >= 4 is 5.91 Å². The van der Waals surface area contributed by atoms with E-state index in [4.69, 9.17) is 0 Å². The summed E-state index contributed by atoms with van der Waals surface area (Å²) in [6.07, 6.45) is 7.68. The molecular weight excluding hydrogens is 317 g/mol. The predicted molar refractivity (Wildman–Crippen MR) is 95.4 cm³/mol. The van der Waals surface area contributed by atoms with Crippen LogP contribution in [0.1, 0.15) is 56.4 Å². The summed E-state index contributed by atoms with van der Waals surface area (Å²) in [6.45, 7) is 1.55. The molecule has 1 aliphatic carbocycles. The minimum atomic E-state index is -0.148. The lowest BCUT2D eigenvalue weighted by molar-refractivity contribution is -0.133. The van der Waals surface area contributed by atoms with Crippen molar-refractivity contribution in [1.29, 1.82) is 0 Å². The molecule has 0 radical (unpaired) electrons. The number of amides is 1. The zero-order chi connectivity index (χ0) is 17.2. The fourth-order valence-corrected chi connectivity index (χ4v) is 5.01. The van der Waals surface area contributed by atoms with Crippen molar-refractivity contribution in [1.82, 2.24) is 15.8 Å². The van der Waals surface area contributed by atoms with Crippen molar-refractivity contribution in [3.8, 4) is 0 Å². The molecule has 5 heteroatoms. The summed E-state index contributed by atoms with van der Waals surface area (Å²) < 4.78 is 14.3. The molecule has 2 saturated heterocycles. The van der Waals surface area contributed by atoms with Gasteiger partial charge in [0.05, 0.1) is 0 Å². The summed E-state index contributed by atoms with van der Waals surface area (Å²) in [7, 11) is 0. The Morgan fingerprint density at radius 3 is 2.76 bits per heavy atom. The van der Waals surface area contributed by atoms with Gasteiger partial charge in [-0.2, -0.15) is 0 Å². The minimum Gasteiger partial charge on any atom is -0.338 e. The van der Waals surface area contributed by atoms with Gasteiger partial charge in [0.25, 0.3) is 0 Å². The second kappa shape index (κ2) is 7.42. The Bertz CT molecular complexity index is 617. The van der Waals surface area contributed by atoms with Gasteiger partial charge in [0.1, 0.15) is 5.82 Å². The van der Waals surface area contributed by atoms with E-state index in [2.05, 4.69) is 15.8 Å². The van der Waals surface area contributed by atoms with Crippen molar-refractivity contribution in [2.24, 2.45) is 5.92 Å². The van der Waals surface area contributed by atoms with Crippen molar-refractivity contribution in [2.45, 2.75) is 62.9 Å². The highest BCUT2D eigenvalue weighted by Crippen LogP contribution is 2.34. The number of carbonyl (C=O) groups is 1. The van der Waals surface area contributed by atoms with Crippen molar-refractivity contribution < 1.29 is 9.18 Å². The molecule has 0 spiro atoms. The molecule has 3 aliphatic rings. The fraction of sp³-hybridized carbons (Fsp3) is 0.650. The van der Waals surface area contributed by atoms with Crippen LogP contribution in [0.4, 0.5) is 4.39 Å². The first-order valence-electron chi connectivity index (χ1n) is 9.76. The second-order valence-electron chi connectivity index (χ2n) is 7.83. The third-order valence-corrected chi connectivity index (χ3v) is 6.30. The SMILES string of the molecule is O=C(CC1CCCC1)N1CCCC1C1NNCC1c1ccccc1F. The molecule has 1 aromatic carbocycles. The summed E-state index contributed by atoms with van der Waals surface area (Å²) >= 11 is 0. The van der Waals surface area contributed by atoms with Crippen LogP contribution in [0.25, 0.3) is 0 Å². The molecule has 3 fully saturated rings. The summed E-state index contributed by atoms with van der Waals surface area (Å²) in [5.41, 5.74) is 7.30. The molecule has 136 valence electrons. The first-order chi connectivity index (χ1) is 12.2. The first kappa shape index (κ1) is 17.0. The fourth-order valence-electron chi connectivity index (χ4n) is 5.01. The molecule has 4 nitrogen and oxygen atoms in total. The van der Waals surface area contributed by atoms with Crippen LogP contribution < -0.4 is 10.9 Å². The van der Waals surface area contributed by atoms with Gasteiger partial charge >= 0.3 is 0 Å². The van der Waals surface area contributed by atoms with Gasteiger partial charge in [0.15, 0.2) is 0 Å². The van der Waals surface area contributed by atoms with E-state index < -0.39 is 0 Å². The predicted octanol–water partition coefficient (Wildman–Crippen LogP) is 2.96. The molecule has 1 amide bonds. The molecule has 3 atom stereocenters. The number of nitrogens with one attached hydrogen (secondary N) is 2. The lowest BCUT2D eigenvalue weighted by Crippen LogP contribution is -2.50. The summed E-state index contributed by atoms with van der Waals surface area (Å²) in [4.78, 5) is 15.0. The van der Waals surface area contributed by atoms with Gasteiger partial charge in [0.2, 0.25) is 5.91 Å². The molecule has 1 aromatic rings. The Kier molecular flexibility index (Phi) is 5.04. The highest BCUT2D eigenvalue weighted by molar-refractivity contribution is 5.77. The molecule has 0 bridgehead atoms. The summed E-state index contributed by atoms with van der Waals surface area (Å²) in [6, 6.07) is 7.27. The van der Waals surface area contributed by atoms with Crippen LogP contribution in [0.15, 0.2) is 24.3 Å². The Morgan fingerprint density at radius 1 is 1.16 bits per heavy atom. The zero-order valence-corrected chi connectivity index (χ0v) is 14.7. The average molecular weight is 345 g/mol. The van der Waals surface area contributed by atoms with Crippen LogP contribution in [0.2, 0.25) is 0 Å². The lowest BCUT2D eigenvalue weighted by atomic mass is 9.87. The Hall–Kier alpha value is -1.46. The summed E-state index contributed by atoms with van der Waals surface area (Å²) in [5.74, 6) is 0.789. The summed E-state index contributed by atoms with van der Waals surface area (Å²) in [5, 5.41) is 0. The number of benzene rings is 1. The minimum absolute atomic E-state index is 0.0612.